The molecule has 4 aromatic rings. The molecule has 2 heterocycles. The van der Waals surface area contributed by atoms with Gasteiger partial charge < -0.3 is 5.32 Å². The molecule has 5 heteroatoms. The molecule has 4 rings (SSSR count). The summed E-state index contributed by atoms with van der Waals surface area (Å²) in [5.74, 6) is 0.853. The van der Waals surface area contributed by atoms with Crippen molar-refractivity contribution in [2.24, 2.45) is 0 Å². The molecule has 124 valence electrons. The van der Waals surface area contributed by atoms with Crippen molar-refractivity contribution in [3.05, 3.63) is 68.9 Å². The summed E-state index contributed by atoms with van der Waals surface area (Å²) >= 11 is 3.98. The molecular formula is C20H16IN3S. The number of aryl methyl sites for hydroxylation is 2. The van der Waals surface area contributed by atoms with Crippen LogP contribution in [-0.2, 0) is 0 Å². The van der Waals surface area contributed by atoms with Gasteiger partial charge in [-0.05, 0) is 65.8 Å². The fourth-order valence-corrected chi connectivity index (χ4v) is 4.37. The monoisotopic (exact) mass is 457 g/mol. The molecule has 0 unspecified atom stereocenters. The van der Waals surface area contributed by atoms with Crippen molar-refractivity contribution < 1.29 is 0 Å². The van der Waals surface area contributed by atoms with Crippen molar-refractivity contribution in [3.8, 4) is 11.1 Å². The number of nitrogens with one attached hydrogen (secondary N) is 1. The number of rotatable bonds is 3. The molecule has 0 atom stereocenters. The molecule has 25 heavy (non-hydrogen) atoms. The van der Waals surface area contributed by atoms with Crippen LogP contribution in [-0.4, -0.2) is 9.97 Å². The summed E-state index contributed by atoms with van der Waals surface area (Å²) in [4.78, 5) is 9.97. The number of benzene rings is 2. The largest absolute Gasteiger partial charge is 0.339 e. The van der Waals surface area contributed by atoms with Crippen LogP contribution in [0.4, 0.5) is 11.5 Å². The first kappa shape index (κ1) is 16.5. The van der Waals surface area contributed by atoms with Crippen LogP contribution in [0.25, 0.3) is 21.3 Å². The predicted molar refractivity (Wildman–Crippen MR) is 115 cm³/mol. The molecule has 0 saturated carbocycles. The minimum absolute atomic E-state index is 0.853. The van der Waals surface area contributed by atoms with Crippen LogP contribution in [0.1, 0.15) is 11.1 Å². The highest BCUT2D eigenvalue weighted by Crippen LogP contribution is 2.37. The van der Waals surface area contributed by atoms with Gasteiger partial charge >= 0.3 is 0 Å². The third-order valence-corrected chi connectivity index (χ3v) is 5.73. The summed E-state index contributed by atoms with van der Waals surface area (Å²) in [5, 5.41) is 6.74. The molecule has 0 aliphatic rings. The summed E-state index contributed by atoms with van der Waals surface area (Å²) in [6.45, 7) is 4.21. The maximum absolute atomic E-state index is 4.52. The van der Waals surface area contributed by atoms with E-state index in [1.807, 2.05) is 0 Å². The van der Waals surface area contributed by atoms with E-state index < -0.39 is 0 Å². The summed E-state index contributed by atoms with van der Waals surface area (Å²) in [7, 11) is 0. The van der Waals surface area contributed by atoms with Gasteiger partial charge in [0.25, 0.3) is 0 Å². The third-order valence-electron chi connectivity index (χ3n) is 4.17. The van der Waals surface area contributed by atoms with Gasteiger partial charge in [-0.25, -0.2) is 9.97 Å². The van der Waals surface area contributed by atoms with Gasteiger partial charge in [-0.3, -0.25) is 0 Å². The van der Waals surface area contributed by atoms with Crippen LogP contribution < -0.4 is 5.32 Å². The van der Waals surface area contributed by atoms with Gasteiger partial charge in [-0.1, -0.05) is 29.8 Å². The van der Waals surface area contributed by atoms with Gasteiger partial charge in [0, 0.05) is 20.2 Å². The van der Waals surface area contributed by atoms with Gasteiger partial charge in [-0.15, -0.1) is 11.3 Å². The molecule has 0 amide bonds. The van der Waals surface area contributed by atoms with Crippen molar-refractivity contribution in [3.63, 3.8) is 0 Å². The van der Waals surface area contributed by atoms with Crippen LogP contribution in [0.5, 0.6) is 0 Å². The second-order valence-electron chi connectivity index (χ2n) is 6.00. The average Bonchev–Trinajstić information content (AvgIpc) is 3.03. The Morgan fingerprint density at radius 3 is 2.56 bits per heavy atom. The zero-order chi connectivity index (χ0) is 17.4. The normalized spacial score (nSPS) is 11.0. The second kappa shape index (κ2) is 6.72. The smallest absolute Gasteiger partial charge is 0.143 e. The number of hydrogen-bond donors (Lipinski definition) is 1. The van der Waals surface area contributed by atoms with E-state index in [0.29, 0.717) is 0 Å². The van der Waals surface area contributed by atoms with Crippen LogP contribution in [0, 0.1) is 17.4 Å². The van der Waals surface area contributed by atoms with E-state index in [9.17, 15) is 0 Å². The number of nitrogens with zero attached hydrogens (tertiary/aromatic N) is 2. The zero-order valence-corrected chi connectivity index (χ0v) is 16.9. The highest BCUT2D eigenvalue weighted by atomic mass is 127. The Kier molecular flexibility index (Phi) is 4.43. The molecule has 1 N–H and O–H groups in total. The number of anilines is 2. The second-order valence-corrected chi connectivity index (χ2v) is 8.11. The van der Waals surface area contributed by atoms with E-state index in [0.717, 1.165) is 21.7 Å². The molecule has 0 radical (unpaired) electrons. The first-order valence-corrected chi connectivity index (χ1v) is 9.90. The number of thiophene rings is 1. The topological polar surface area (TPSA) is 37.8 Å². The number of hydrogen-bond acceptors (Lipinski definition) is 4. The Balaban J connectivity index is 1.84. The van der Waals surface area contributed by atoms with Crippen molar-refractivity contribution in [2.75, 3.05) is 5.32 Å². The van der Waals surface area contributed by atoms with Gasteiger partial charge in [0.2, 0.25) is 0 Å². The summed E-state index contributed by atoms with van der Waals surface area (Å²) in [6, 6.07) is 15.0. The van der Waals surface area contributed by atoms with Crippen molar-refractivity contribution in [1.29, 1.82) is 0 Å². The molecule has 2 aromatic heterocycles. The minimum Gasteiger partial charge on any atom is -0.339 e. The number of fused-ring (bicyclic) bond motifs is 1. The molecule has 0 bridgehead atoms. The predicted octanol–water partition coefficient (Wildman–Crippen LogP) is 6.32. The number of halogens is 1. The van der Waals surface area contributed by atoms with Gasteiger partial charge in [0.15, 0.2) is 0 Å². The summed E-state index contributed by atoms with van der Waals surface area (Å²) in [6.07, 6.45) is 1.63. The fraction of sp³-hybridized carbons (Fsp3) is 0.100. The highest BCUT2D eigenvalue weighted by Gasteiger charge is 2.14. The molecule has 0 saturated heterocycles. The third kappa shape index (κ3) is 3.26. The first-order valence-electron chi connectivity index (χ1n) is 7.94. The average molecular weight is 457 g/mol. The van der Waals surface area contributed by atoms with E-state index >= 15 is 0 Å². The Labute approximate surface area is 164 Å². The molecule has 0 spiro atoms. The molecular weight excluding hydrogens is 441 g/mol. The quantitative estimate of drug-likeness (QED) is 0.366. The van der Waals surface area contributed by atoms with E-state index in [4.69, 9.17) is 0 Å². The Morgan fingerprint density at radius 2 is 1.80 bits per heavy atom. The lowest BCUT2D eigenvalue weighted by Gasteiger charge is -2.11. The van der Waals surface area contributed by atoms with Crippen LogP contribution in [0.15, 0.2) is 54.2 Å². The van der Waals surface area contributed by atoms with Gasteiger partial charge in [0.1, 0.15) is 17.0 Å². The lowest BCUT2D eigenvalue weighted by Crippen LogP contribution is -1.97. The minimum atomic E-state index is 0.853. The van der Waals surface area contributed by atoms with E-state index in [1.165, 1.54) is 25.8 Å². The lowest BCUT2D eigenvalue weighted by atomic mass is 10.0. The van der Waals surface area contributed by atoms with Crippen LogP contribution in [0.3, 0.4) is 0 Å². The molecule has 0 aliphatic heterocycles. The van der Waals surface area contributed by atoms with Crippen molar-refractivity contribution in [1.82, 2.24) is 9.97 Å². The molecule has 3 nitrogen and oxygen atoms in total. The number of aromatic nitrogens is 2. The highest BCUT2D eigenvalue weighted by molar-refractivity contribution is 14.1. The zero-order valence-electron chi connectivity index (χ0n) is 13.9. The van der Waals surface area contributed by atoms with Gasteiger partial charge in [-0.2, -0.15) is 0 Å². The SMILES string of the molecule is Cc1ccc(-c2csc3ncnc(Nc4ccc(I)cc4C)c23)cc1. The van der Waals surface area contributed by atoms with Crippen molar-refractivity contribution >= 4 is 55.6 Å². The Hall–Kier alpha value is -1.99. The first-order chi connectivity index (χ1) is 12.1. The van der Waals surface area contributed by atoms with E-state index in [2.05, 4.69) is 99.6 Å². The molecule has 0 fully saturated rings. The fourth-order valence-electron chi connectivity index (χ4n) is 2.81. The molecule has 0 aliphatic carbocycles. The lowest BCUT2D eigenvalue weighted by molar-refractivity contribution is 1.23. The van der Waals surface area contributed by atoms with E-state index in [1.54, 1.807) is 17.7 Å². The van der Waals surface area contributed by atoms with Crippen LogP contribution >= 0.6 is 33.9 Å². The van der Waals surface area contributed by atoms with Gasteiger partial charge in [0.05, 0.1) is 5.39 Å². The maximum Gasteiger partial charge on any atom is 0.143 e. The van der Waals surface area contributed by atoms with Crippen molar-refractivity contribution in [2.45, 2.75) is 13.8 Å². The standard InChI is InChI=1S/C20H16IN3S/c1-12-3-5-14(6-4-12)16-10-25-20-18(16)19(22-11-23-20)24-17-8-7-15(21)9-13(17)2/h3-11H,1-2H3,(H,22,23,24). The van der Waals surface area contributed by atoms with Crippen LogP contribution in [0.2, 0.25) is 0 Å². The summed E-state index contributed by atoms with van der Waals surface area (Å²) in [5.41, 5.74) is 5.89. The Bertz CT molecular complexity index is 1050. The van der Waals surface area contributed by atoms with E-state index in [-0.39, 0.29) is 0 Å². The summed E-state index contributed by atoms with van der Waals surface area (Å²) < 4.78 is 1.23. The maximum atomic E-state index is 4.52. The molecule has 2 aromatic carbocycles. The Morgan fingerprint density at radius 1 is 1.00 bits per heavy atom.